The van der Waals surface area contributed by atoms with Gasteiger partial charge >= 0.3 is 0 Å². The van der Waals surface area contributed by atoms with E-state index in [1.54, 1.807) is 27.5 Å². The van der Waals surface area contributed by atoms with Gasteiger partial charge in [-0.05, 0) is 45.8 Å². The Morgan fingerprint density at radius 2 is 1.71 bits per heavy atom. The van der Waals surface area contributed by atoms with Crippen LogP contribution in [0.25, 0.3) is 0 Å². The summed E-state index contributed by atoms with van der Waals surface area (Å²) in [5, 5.41) is 3.29. The number of hydrogen-bond donors (Lipinski definition) is 1. The summed E-state index contributed by atoms with van der Waals surface area (Å²) in [6, 6.07) is 7.67. The van der Waals surface area contributed by atoms with Gasteiger partial charge in [0.25, 0.3) is 0 Å². The minimum absolute atomic E-state index is 0.592. The van der Waals surface area contributed by atoms with Crippen molar-refractivity contribution < 1.29 is 14.2 Å². The van der Waals surface area contributed by atoms with Crippen LogP contribution in [-0.2, 0) is 6.54 Å². The van der Waals surface area contributed by atoms with E-state index in [-0.39, 0.29) is 0 Å². The predicted octanol–water partition coefficient (Wildman–Crippen LogP) is 3.48. The van der Waals surface area contributed by atoms with Crippen LogP contribution in [-0.4, -0.2) is 26.3 Å². The summed E-state index contributed by atoms with van der Waals surface area (Å²) in [5.41, 5.74) is 1.96. The van der Waals surface area contributed by atoms with Crippen LogP contribution >= 0.6 is 15.9 Å². The van der Waals surface area contributed by atoms with Crippen molar-refractivity contribution >= 4 is 21.6 Å². The lowest BCUT2D eigenvalue weighted by atomic mass is 10.1. The molecule has 1 aromatic heterocycles. The van der Waals surface area contributed by atoms with Crippen LogP contribution in [0.15, 0.2) is 35.1 Å². The van der Waals surface area contributed by atoms with E-state index in [4.69, 9.17) is 14.2 Å². The summed E-state index contributed by atoms with van der Waals surface area (Å²) >= 11 is 3.31. The number of halogens is 1. The smallest absolute Gasteiger partial charge is 0.203 e. The minimum atomic E-state index is 0.592. The molecule has 0 amide bonds. The molecule has 0 bridgehead atoms. The number of methoxy groups -OCH3 is 3. The van der Waals surface area contributed by atoms with E-state index >= 15 is 0 Å². The number of rotatable bonds is 6. The van der Waals surface area contributed by atoms with Crippen molar-refractivity contribution in [3.63, 3.8) is 0 Å². The first kappa shape index (κ1) is 15.4. The Balaban J connectivity index is 2.18. The van der Waals surface area contributed by atoms with Gasteiger partial charge in [0.05, 0.1) is 33.2 Å². The molecule has 0 unspecified atom stereocenters. The van der Waals surface area contributed by atoms with Crippen molar-refractivity contribution in [2.24, 2.45) is 0 Å². The summed E-state index contributed by atoms with van der Waals surface area (Å²) in [6.07, 6.45) is 1.77. The first-order valence-electron chi connectivity index (χ1n) is 6.32. The lowest BCUT2D eigenvalue weighted by Gasteiger charge is -2.14. The lowest BCUT2D eigenvalue weighted by Crippen LogP contribution is -2.02. The highest BCUT2D eigenvalue weighted by Gasteiger charge is 2.12. The highest BCUT2D eigenvalue weighted by molar-refractivity contribution is 9.10. The van der Waals surface area contributed by atoms with Crippen molar-refractivity contribution in [1.29, 1.82) is 0 Å². The molecule has 0 aliphatic heterocycles. The van der Waals surface area contributed by atoms with E-state index < -0.39 is 0 Å². The molecule has 2 rings (SSSR count). The Kier molecular flexibility index (Phi) is 5.27. The van der Waals surface area contributed by atoms with E-state index in [1.165, 1.54) is 0 Å². The molecule has 6 heteroatoms. The van der Waals surface area contributed by atoms with Gasteiger partial charge in [0.2, 0.25) is 5.75 Å². The molecule has 21 heavy (non-hydrogen) atoms. The fourth-order valence-corrected chi connectivity index (χ4v) is 2.16. The molecule has 0 saturated heterocycles. The molecule has 0 saturated carbocycles. The first-order valence-corrected chi connectivity index (χ1v) is 7.11. The lowest BCUT2D eigenvalue weighted by molar-refractivity contribution is 0.324. The first-order chi connectivity index (χ1) is 10.2. The van der Waals surface area contributed by atoms with Crippen LogP contribution in [0.2, 0.25) is 0 Å². The predicted molar refractivity (Wildman–Crippen MR) is 85.4 cm³/mol. The molecule has 5 nitrogen and oxygen atoms in total. The zero-order chi connectivity index (χ0) is 15.2. The zero-order valence-electron chi connectivity index (χ0n) is 12.1. The van der Waals surface area contributed by atoms with Crippen molar-refractivity contribution in [2.75, 3.05) is 26.6 Å². The number of pyridine rings is 1. The Morgan fingerprint density at radius 3 is 2.19 bits per heavy atom. The van der Waals surface area contributed by atoms with Crippen molar-refractivity contribution in [1.82, 2.24) is 4.98 Å². The van der Waals surface area contributed by atoms with Gasteiger partial charge in [-0.1, -0.05) is 0 Å². The topological polar surface area (TPSA) is 52.6 Å². The monoisotopic (exact) mass is 352 g/mol. The molecule has 0 aliphatic rings. The number of benzene rings is 1. The third-order valence-corrected chi connectivity index (χ3v) is 3.42. The maximum Gasteiger partial charge on any atom is 0.203 e. The number of nitrogens with one attached hydrogen (secondary N) is 1. The van der Waals surface area contributed by atoms with Crippen LogP contribution < -0.4 is 19.5 Å². The van der Waals surface area contributed by atoms with Gasteiger partial charge in [0.15, 0.2) is 11.5 Å². The van der Waals surface area contributed by atoms with Crippen LogP contribution in [0.3, 0.4) is 0 Å². The minimum Gasteiger partial charge on any atom is -0.493 e. The quantitative estimate of drug-likeness (QED) is 0.806. The van der Waals surface area contributed by atoms with Gasteiger partial charge in [0.1, 0.15) is 4.60 Å². The van der Waals surface area contributed by atoms with Gasteiger partial charge in [-0.25, -0.2) is 4.98 Å². The molecule has 0 spiro atoms. The highest BCUT2D eigenvalue weighted by atomic mass is 79.9. The second kappa shape index (κ2) is 7.17. The van der Waals surface area contributed by atoms with E-state index in [2.05, 4.69) is 26.2 Å². The fraction of sp³-hybridized carbons (Fsp3) is 0.267. The second-order valence-electron chi connectivity index (χ2n) is 4.26. The molecule has 0 atom stereocenters. The Labute approximate surface area is 132 Å². The summed E-state index contributed by atoms with van der Waals surface area (Å²) in [6.45, 7) is 0.625. The molecule has 1 heterocycles. The molecule has 0 fully saturated rings. The molecule has 1 N–H and O–H groups in total. The third-order valence-electron chi connectivity index (χ3n) is 2.95. The maximum absolute atomic E-state index is 5.34. The molecule has 1 aromatic carbocycles. The van der Waals surface area contributed by atoms with Gasteiger partial charge in [-0.15, -0.1) is 0 Å². The summed E-state index contributed by atoms with van der Waals surface area (Å²) in [5.74, 6) is 1.87. The van der Waals surface area contributed by atoms with Gasteiger partial charge in [0, 0.05) is 6.54 Å². The van der Waals surface area contributed by atoms with E-state index in [9.17, 15) is 0 Å². The molecular formula is C15H17BrN2O3. The molecular weight excluding hydrogens is 336 g/mol. The van der Waals surface area contributed by atoms with E-state index in [0.717, 1.165) is 15.9 Å². The van der Waals surface area contributed by atoms with Crippen LogP contribution in [0.4, 0.5) is 5.69 Å². The van der Waals surface area contributed by atoms with Crippen LogP contribution in [0, 0.1) is 0 Å². The number of ether oxygens (including phenoxy) is 3. The van der Waals surface area contributed by atoms with Crippen molar-refractivity contribution in [2.45, 2.75) is 6.54 Å². The average molecular weight is 353 g/mol. The average Bonchev–Trinajstić information content (AvgIpc) is 2.53. The number of nitrogens with zero attached hydrogens (tertiary/aromatic N) is 1. The number of aromatic nitrogens is 1. The van der Waals surface area contributed by atoms with Crippen LogP contribution in [0.1, 0.15) is 5.56 Å². The van der Waals surface area contributed by atoms with Gasteiger partial charge in [-0.3, -0.25) is 0 Å². The standard InChI is InChI=1S/C15H17BrN2O3/c1-19-12-6-10(7-13(20-2)15(12)21-3)8-17-11-4-5-14(16)18-9-11/h4-7,9,17H,8H2,1-3H3. The SMILES string of the molecule is COc1cc(CNc2ccc(Br)nc2)cc(OC)c1OC. The van der Waals surface area contributed by atoms with Gasteiger partial charge < -0.3 is 19.5 Å². The third kappa shape index (κ3) is 3.78. The second-order valence-corrected chi connectivity index (χ2v) is 5.07. The number of hydrogen-bond acceptors (Lipinski definition) is 5. The molecule has 0 aliphatic carbocycles. The van der Waals surface area contributed by atoms with E-state index in [1.807, 2.05) is 24.3 Å². The Morgan fingerprint density at radius 1 is 1.05 bits per heavy atom. The fourth-order valence-electron chi connectivity index (χ4n) is 1.92. The van der Waals surface area contributed by atoms with Crippen molar-refractivity contribution in [3.05, 3.63) is 40.6 Å². The zero-order valence-corrected chi connectivity index (χ0v) is 13.7. The summed E-state index contributed by atoms with van der Waals surface area (Å²) < 4.78 is 16.8. The highest BCUT2D eigenvalue weighted by Crippen LogP contribution is 2.38. The van der Waals surface area contributed by atoms with E-state index in [0.29, 0.717) is 23.8 Å². The Hall–Kier alpha value is -1.95. The number of anilines is 1. The van der Waals surface area contributed by atoms with Crippen LogP contribution in [0.5, 0.6) is 17.2 Å². The largest absolute Gasteiger partial charge is 0.493 e. The molecule has 2 aromatic rings. The molecule has 0 radical (unpaired) electrons. The summed E-state index contributed by atoms with van der Waals surface area (Å²) in [7, 11) is 4.80. The summed E-state index contributed by atoms with van der Waals surface area (Å²) in [4.78, 5) is 4.17. The Bertz CT molecular complexity index is 577. The maximum atomic E-state index is 5.34. The normalized spacial score (nSPS) is 10.1. The van der Waals surface area contributed by atoms with Gasteiger partial charge in [-0.2, -0.15) is 0 Å². The van der Waals surface area contributed by atoms with Crippen molar-refractivity contribution in [3.8, 4) is 17.2 Å². The molecule has 112 valence electrons.